The lowest BCUT2D eigenvalue weighted by Gasteiger charge is -2.09. The van der Waals surface area contributed by atoms with Gasteiger partial charge in [0.15, 0.2) is 0 Å². The van der Waals surface area contributed by atoms with E-state index in [9.17, 15) is 19.7 Å². The van der Waals surface area contributed by atoms with Gasteiger partial charge in [0.2, 0.25) is 0 Å². The summed E-state index contributed by atoms with van der Waals surface area (Å²) in [7, 11) is 0. The van der Waals surface area contributed by atoms with Crippen molar-refractivity contribution in [3.05, 3.63) is 80.3 Å². The molecule has 0 aliphatic heterocycles. The molecule has 0 spiro atoms. The number of carbonyl (C=O) groups excluding carboxylic acids is 1. The summed E-state index contributed by atoms with van der Waals surface area (Å²) in [4.78, 5) is 38.8. The van der Waals surface area contributed by atoms with Crippen LogP contribution in [0.2, 0.25) is 0 Å². The van der Waals surface area contributed by atoms with Gasteiger partial charge in [0.25, 0.3) is 17.2 Å². The van der Waals surface area contributed by atoms with Crippen LogP contribution in [0.3, 0.4) is 0 Å². The van der Waals surface area contributed by atoms with Gasteiger partial charge in [0, 0.05) is 12.1 Å². The number of nitrogens with one attached hydrogen (secondary N) is 1. The number of hydrogen-bond donors (Lipinski definition) is 1. The second kappa shape index (κ2) is 7.56. The zero-order valence-electron chi connectivity index (χ0n) is 14.3. The number of rotatable bonds is 5. The Morgan fingerprint density at radius 1 is 1.26 bits per heavy atom. The minimum Gasteiger partial charge on any atom is -0.296 e. The minimum absolute atomic E-state index is 0.0319. The van der Waals surface area contributed by atoms with E-state index >= 15 is 0 Å². The van der Waals surface area contributed by atoms with Crippen molar-refractivity contribution in [2.45, 2.75) is 13.5 Å². The number of benzene rings is 2. The number of nitro benzene ring substituents is 1. The highest BCUT2D eigenvalue weighted by atomic mass is 16.6. The molecule has 27 heavy (non-hydrogen) atoms. The Morgan fingerprint density at radius 3 is 2.67 bits per heavy atom. The Kier molecular flexibility index (Phi) is 5.02. The number of hydrogen-bond acceptors (Lipinski definition) is 6. The molecule has 0 atom stereocenters. The fraction of sp³-hybridized carbons (Fsp3) is 0.111. The molecule has 3 rings (SSSR count). The standard InChI is InChI=1S/C18H15N5O4/c1-12-18(25)22(16-5-3-2-4-15(16)20-12)11-17(24)21-19-10-13-6-8-14(9-7-13)23(26)27/h2-10H,11H2,1H3,(H,21,24). The third kappa shape index (κ3) is 4.03. The van der Waals surface area contributed by atoms with Crippen LogP contribution in [-0.2, 0) is 11.3 Å². The van der Waals surface area contributed by atoms with E-state index in [0.29, 0.717) is 22.3 Å². The fourth-order valence-electron chi connectivity index (χ4n) is 2.52. The summed E-state index contributed by atoms with van der Waals surface area (Å²) in [5, 5.41) is 14.4. The molecule has 1 N–H and O–H groups in total. The normalized spacial score (nSPS) is 11.0. The van der Waals surface area contributed by atoms with Gasteiger partial charge >= 0.3 is 0 Å². The largest absolute Gasteiger partial charge is 0.296 e. The average molecular weight is 365 g/mol. The van der Waals surface area contributed by atoms with Gasteiger partial charge in [-0.15, -0.1) is 0 Å². The van der Waals surface area contributed by atoms with Crippen molar-refractivity contribution >= 4 is 28.8 Å². The highest BCUT2D eigenvalue weighted by Gasteiger charge is 2.11. The van der Waals surface area contributed by atoms with E-state index in [4.69, 9.17) is 0 Å². The summed E-state index contributed by atoms with van der Waals surface area (Å²) in [5.74, 6) is -0.481. The van der Waals surface area contributed by atoms with Gasteiger partial charge in [-0.25, -0.2) is 10.4 Å². The predicted molar refractivity (Wildman–Crippen MR) is 99.6 cm³/mol. The fourth-order valence-corrected chi connectivity index (χ4v) is 2.52. The lowest BCUT2D eigenvalue weighted by Crippen LogP contribution is -2.31. The summed E-state index contributed by atoms with van der Waals surface area (Å²) < 4.78 is 1.34. The van der Waals surface area contributed by atoms with Crippen LogP contribution in [0.1, 0.15) is 11.3 Å². The molecular weight excluding hydrogens is 350 g/mol. The lowest BCUT2D eigenvalue weighted by atomic mass is 10.2. The predicted octanol–water partition coefficient (Wildman–Crippen LogP) is 1.76. The molecule has 0 aliphatic carbocycles. The average Bonchev–Trinajstić information content (AvgIpc) is 2.66. The van der Waals surface area contributed by atoms with Crippen molar-refractivity contribution in [3.63, 3.8) is 0 Å². The van der Waals surface area contributed by atoms with Crippen molar-refractivity contribution in [2.24, 2.45) is 5.10 Å². The molecule has 0 unspecified atom stereocenters. The first-order chi connectivity index (χ1) is 13.0. The van der Waals surface area contributed by atoms with Crippen LogP contribution in [0.5, 0.6) is 0 Å². The molecule has 0 saturated carbocycles. The summed E-state index contributed by atoms with van der Waals surface area (Å²) in [5.41, 5.74) is 4.04. The van der Waals surface area contributed by atoms with Gasteiger partial charge in [-0.2, -0.15) is 5.10 Å². The number of nitrogens with zero attached hydrogens (tertiary/aromatic N) is 4. The molecule has 9 nitrogen and oxygen atoms in total. The Hall–Kier alpha value is -3.88. The molecule has 3 aromatic rings. The van der Waals surface area contributed by atoms with Crippen LogP contribution >= 0.6 is 0 Å². The molecular formula is C18H15N5O4. The third-order valence-corrected chi connectivity index (χ3v) is 3.82. The SMILES string of the molecule is Cc1nc2ccccc2n(CC(=O)NN=Cc2ccc([N+](=O)[O-])cc2)c1=O. The molecule has 1 amide bonds. The van der Waals surface area contributed by atoms with Gasteiger partial charge in [0.1, 0.15) is 12.2 Å². The topological polar surface area (TPSA) is 119 Å². The number of aryl methyl sites for hydroxylation is 1. The van der Waals surface area contributed by atoms with Crippen LogP contribution in [0.15, 0.2) is 58.4 Å². The number of aromatic nitrogens is 2. The van der Waals surface area contributed by atoms with Gasteiger partial charge in [-0.05, 0) is 36.8 Å². The van der Waals surface area contributed by atoms with Crippen molar-refractivity contribution in [1.29, 1.82) is 0 Å². The van der Waals surface area contributed by atoms with Gasteiger partial charge < -0.3 is 0 Å². The smallest absolute Gasteiger partial charge is 0.272 e. The number of hydrazone groups is 1. The number of carbonyl (C=O) groups is 1. The molecule has 0 radical (unpaired) electrons. The van der Waals surface area contributed by atoms with E-state index in [1.54, 1.807) is 31.2 Å². The van der Waals surface area contributed by atoms with Crippen molar-refractivity contribution in [1.82, 2.24) is 15.0 Å². The van der Waals surface area contributed by atoms with Crippen LogP contribution in [0.4, 0.5) is 5.69 Å². The van der Waals surface area contributed by atoms with Gasteiger partial charge in [0.05, 0.1) is 22.2 Å². The molecule has 0 saturated heterocycles. The summed E-state index contributed by atoms with van der Waals surface area (Å²) in [6.45, 7) is 1.39. The van der Waals surface area contributed by atoms with E-state index in [-0.39, 0.29) is 17.8 Å². The van der Waals surface area contributed by atoms with E-state index in [2.05, 4.69) is 15.5 Å². The number of fused-ring (bicyclic) bond motifs is 1. The van der Waals surface area contributed by atoms with Crippen LogP contribution in [-0.4, -0.2) is 26.6 Å². The summed E-state index contributed by atoms with van der Waals surface area (Å²) in [6, 6.07) is 12.8. The number of nitro groups is 1. The number of amides is 1. The Labute approximate surface area is 153 Å². The maximum atomic E-state index is 12.3. The third-order valence-electron chi connectivity index (χ3n) is 3.82. The van der Waals surface area contributed by atoms with Crippen LogP contribution in [0.25, 0.3) is 11.0 Å². The second-order valence-corrected chi connectivity index (χ2v) is 5.72. The van der Waals surface area contributed by atoms with E-state index < -0.39 is 10.8 Å². The van der Waals surface area contributed by atoms with E-state index in [1.807, 2.05) is 0 Å². The maximum absolute atomic E-state index is 12.3. The van der Waals surface area contributed by atoms with Crippen molar-refractivity contribution in [2.75, 3.05) is 0 Å². The molecule has 136 valence electrons. The Morgan fingerprint density at radius 2 is 1.96 bits per heavy atom. The van der Waals surface area contributed by atoms with Crippen LogP contribution < -0.4 is 11.0 Å². The highest BCUT2D eigenvalue weighted by Crippen LogP contribution is 2.11. The van der Waals surface area contributed by atoms with E-state index in [0.717, 1.165) is 0 Å². The number of non-ortho nitro benzene ring substituents is 1. The van der Waals surface area contributed by atoms with Gasteiger partial charge in [-0.3, -0.25) is 24.3 Å². The van der Waals surface area contributed by atoms with Crippen molar-refractivity contribution < 1.29 is 9.72 Å². The first-order valence-corrected chi connectivity index (χ1v) is 7.98. The van der Waals surface area contributed by atoms with E-state index in [1.165, 1.54) is 35.0 Å². The zero-order chi connectivity index (χ0) is 19.4. The summed E-state index contributed by atoms with van der Waals surface area (Å²) >= 11 is 0. The van der Waals surface area contributed by atoms with Gasteiger partial charge in [-0.1, -0.05) is 12.1 Å². The summed E-state index contributed by atoms with van der Waals surface area (Å²) in [6.07, 6.45) is 1.36. The lowest BCUT2D eigenvalue weighted by molar-refractivity contribution is -0.384. The second-order valence-electron chi connectivity index (χ2n) is 5.72. The van der Waals surface area contributed by atoms with Crippen molar-refractivity contribution in [3.8, 4) is 0 Å². The monoisotopic (exact) mass is 365 g/mol. The quantitative estimate of drug-likeness (QED) is 0.420. The molecule has 0 bridgehead atoms. The molecule has 0 fully saturated rings. The maximum Gasteiger partial charge on any atom is 0.272 e. The first kappa shape index (κ1) is 17.9. The molecule has 0 aliphatic rings. The Bertz CT molecular complexity index is 1100. The zero-order valence-corrected chi connectivity index (χ0v) is 14.3. The molecule has 9 heteroatoms. The molecule has 2 aromatic carbocycles. The Balaban J connectivity index is 1.73. The van der Waals surface area contributed by atoms with Crippen LogP contribution in [0, 0.1) is 17.0 Å². The molecule has 1 aromatic heterocycles. The highest BCUT2D eigenvalue weighted by molar-refractivity contribution is 5.83. The first-order valence-electron chi connectivity index (χ1n) is 7.98. The molecule has 1 heterocycles. The minimum atomic E-state index is -0.499. The number of para-hydroxylation sites is 2.